The Hall–Kier alpha value is -3.41. The fourth-order valence-corrected chi connectivity index (χ4v) is 2.78. The van der Waals surface area contributed by atoms with Crippen LogP contribution in [0.1, 0.15) is 34.6 Å². The van der Waals surface area contributed by atoms with Crippen LogP contribution in [0, 0.1) is 0 Å². The lowest BCUT2D eigenvalue weighted by atomic mass is 10.1. The molecule has 0 aliphatic rings. The van der Waals surface area contributed by atoms with E-state index in [1.54, 1.807) is 19.2 Å². The van der Waals surface area contributed by atoms with Crippen LogP contribution in [0.5, 0.6) is 5.75 Å². The van der Waals surface area contributed by atoms with Crippen molar-refractivity contribution in [2.45, 2.75) is 19.4 Å². The molecule has 0 saturated heterocycles. The fourth-order valence-electron chi connectivity index (χ4n) is 2.78. The Bertz CT molecular complexity index is 881. The molecule has 0 aliphatic carbocycles. The van der Waals surface area contributed by atoms with Crippen molar-refractivity contribution in [2.24, 2.45) is 0 Å². The minimum absolute atomic E-state index is 0.0969. The molecule has 1 aromatic heterocycles. The summed E-state index contributed by atoms with van der Waals surface area (Å²) >= 11 is 0. The van der Waals surface area contributed by atoms with E-state index < -0.39 is 0 Å². The van der Waals surface area contributed by atoms with E-state index in [0.29, 0.717) is 18.1 Å². The van der Waals surface area contributed by atoms with Gasteiger partial charge in [0.25, 0.3) is 5.91 Å². The minimum atomic E-state index is -0.233. The third kappa shape index (κ3) is 5.30. The number of benzene rings is 2. The summed E-state index contributed by atoms with van der Waals surface area (Å²) in [4.78, 5) is 12.2. The van der Waals surface area contributed by atoms with Gasteiger partial charge in [0.05, 0.1) is 7.11 Å². The topological polar surface area (TPSA) is 76.1 Å². The summed E-state index contributed by atoms with van der Waals surface area (Å²) in [7, 11) is 1.64. The van der Waals surface area contributed by atoms with Crippen molar-refractivity contribution in [3.8, 4) is 5.75 Å². The number of ether oxygens (including phenoxy) is 1. The normalized spacial score (nSPS) is 11.5. The van der Waals surface area contributed by atoms with E-state index in [4.69, 9.17) is 4.74 Å². The van der Waals surface area contributed by atoms with Crippen molar-refractivity contribution < 1.29 is 9.53 Å². The van der Waals surface area contributed by atoms with Crippen LogP contribution in [-0.2, 0) is 6.42 Å². The lowest BCUT2D eigenvalue weighted by Gasteiger charge is -2.14. The molecule has 1 atom stereocenters. The number of rotatable bonds is 8. The zero-order valence-electron chi connectivity index (χ0n) is 16.1. The maximum Gasteiger partial charge on any atom is 0.271 e. The first kappa shape index (κ1) is 19.4. The van der Waals surface area contributed by atoms with Crippen molar-refractivity contribution in [2.75, 3.05) is 19.0 Å². The molecule has 2 aromatic carbocycles. The number of hydrogen-bond acceptors (Lipinski definition) is 5. The fraction of sp³-hybridized carbons (Fsp3) is 0.227. The lowest BCUT2D eigenvalue weighted by Crippen LogP contribution is -2.26. The Balaban J connectivity index is 1.49. The van der Waals surface area contributed by atoms with E-state index in [2.05, 4.69) is 39.9 Å². The van der Waals surface area contributed by atoms with Crippen molar-refractivity contribution in [3.63, 3.8) is 0 Å². The van der Waals surface area contributed by atoms with Gasteiger partial charge in [0.2, 0.25) is 0 Å². The first-order chi connectivity index (χ1) is 13.7. The zero-order valence-corrected chi connectivity index (χ0v) is 16.1. The molecule has 3 aromatic rings. The summed E-state index contributed by atoms with van der Waals surface area (Å²) in [6.45, 7) is 2.58. The number of methoxy groups -OCH3 is 1. The van der Waals surface area contributed by atoms with E-state index in [9.17, 15) is 4.79 Å². The molecule has 1 unspecified atom stereocenters. The predicted molar refractivity (Wildman–Crippen MR) is 110 cm³/mol. The summed E-state index contributed by atoms with van der Waals surface area (Å²) in [6.07, 6.45) is 0.734. The standard InChI is InChI=1S/C22H24N4O2/c1-16(18-6-4-3-5-7-18)24-21-13-12-20(25-26-21)22(27)23-15-14-17-8-10-19(28-2)11-9-17/h3-13,16H,14-15H2,1-2H3,(H,23,27)(H,24,26). The van der Waals surface area contributed by atoms with Gasteiger partial charge in [-0.05, 0) is 48.7 Å². The van der Waals surface area contributed by atoms with Gasteiger partial charge in [0, 0.05) is 12.6 Å². The molecule has 144 valence electrons. The van der Waals surface area contributed by atoms with Crippen molar-refractivity contribution >= 4 is 11.7 Å². The molecule has 0 spiro atoms. The van der Waals surface area contributed by atoms with Crippen LogP contribution in [-0.4, -0.2) is 29.8 Å². The SMILES string of the molecule is COc1ccc(CCNC(=O)c2ccc(NC(C)c3ccccc3)nn2)cc1. The zero-order chi connectivity index (χ0) is 19.8. The van der Waals surface area contributed by atoms with Crippen LogP contribution in [0.15, 0.2) is 66.7 Å². The maximum atomic E-state index is 12.2. The second-order valence-electron chi connectivity index (χ2n) is 6.43. The smallest absolute Gasteiger partial charge is 0.271 e. The molecular formula is C22H24N4O2. The van der Waals surface area contributed by atoms with Gasteiger partial charge in [-0.25, -0.2) is 0 Å². The quantitative estimate of drug-likeness (QED) is 0.628. The average Bonchev–Trinajstić information content (AvgIpc) is 2.75. The van der Waals surface area contributed by atoms with Crippen LogP contribution in [0.25, 0.3) is 0 Å². The van der Waals surface area contributed by atoms with Crippen LogP contribution in [0.3, 0.4) is 0 Å². The monoisotopic (exact) mass is 376 g/mol. The molecule has 2 N–H and O–H groups in total. The summed E-state index contributed by atoms with van der Waals surface area (Å²) in [5, 5.41) is 14.3. The molecule has 28 heavy (non-hydrogen) atoms. The molecule has 6 nitrogen and oxygen atoms in total. The molecule has 6 heteroatoms. The molecule has 3 rings (SSSR count). The third-order valence-electron chi connectivity index (χ3n) is 4.42. The second-order valence-corrected chi connectivity index (χ2v) is 6.43. The Morgan fingerprint density at radius 1 is 1.00 bits per heavy atom. The number of nitrogens with zero attached hydrogens (tertiary/aromatic N) is 2. The van der Waals surface area contributed by atoms with E-state index in [0.717, 1.165) is 23.3 Å². The van der Waals surface area contributed by atoms with Crippen LogP contribution in [0.4, 0.5) is 5.82 Å². The third-order valence-corrected chi connectivity index (χ3v) is 4.42. The number of anilines is 1. The Morgan fingerprint density at radius 2 is 1.75 bits per heavy atom. The van der Waals surface area contributed by atoms with Gasteiger partial charge in [0.1, 0.15) is 11.6 Å². The predicted octanol–water partition coefficient (Wildman–Crippen LogP) is 3.63. The molecular weight excluding hydrogens is 352 g/mol. The van der Waals surface area contributed by atoms with Gasteiger partial charge < -0.3 is 15.4 Å². The van der Waals surface area contributed by atoms with Gasteiger partial charge >= 0.3 is 0 Å². The number of carbonyl (C=O) groups excluding carboxylic acids is 1. The first-order valence-electron chi connectivity index (χ1n) is 9.22. The number of nitrogens with one attached hydrogen (secondary N) is 2. The summed E-state index contributed by atoms with van der Waals surface area (Å²) < 4.78 is 5.14. The van der Waals surface area contributed by atoms with E-state index in [-0.39, 0.29) is 11.9 Å². The summed E-state index contributed by atoms with van der Waals surface area (Å²) in [5.41, 5.74) is 2.58. The Morgan fingerprint density at radius 3 is 2.39 bits per heavy atom. The van der Waals surface area contributed by atoms with Crippen LogP contribution < -0.4 is 15.4 Å². The van der Waals surface area contributed by atoms with E-state index in [1.807, 2.05) is 42.5 Å². The highest BCUT2D eigenvalue weighted by Crippen LogP contribution is 2.17. The molecule has 1 amide bonds. The van der Waals surface area contributed by atoms with E-state index in [1.165, 1.54) is 0 Å². The molecule has 0 fully saturated rings. The number of amides is 1. The Labute approximate surface area is 165 Å². The molecule has 0 aliphatic heterocycles. The van der Waals surface area contributed by atoms with Gasteiger partial charge in [0.15, 0.2) is 5.69 Å². The summed E-state index contributed by atoms with van der Waals surface area (Å²) in [5.74, 6) is 1.22. The van der Waals surface area contributed by atoms with Crippen LogP contribution >= 0.6 is 0 Å². The van der Waals surface area contributed by atoms with Crippen LogP contribution in [0.2, 0.25) is 0 Å². The largest absolute Gasteiger partial charge is 0.497 e. The highest BCUT2D eigenvalue weighted by atomic mass is 16.5. The molecule has 0 radical (unpaired) electrons. The van der Waals surface area contributed by atoms with Gasteiger partial charge in [-0.15, -0.1) is 10.2 Å². The van der Waals surface area contributed by atoms with Crippen molar-refractivity contribution in [3.05, 3.63) is 83.6 Å². The molecule has 1 heterocycles. The van der Waals surface area contributed by atoms with Gasteiger partial charge in [-0.3, -0.25) is 4.79 Å². The maximum absolute atomic E-state index is 12.2. The highest BCUT2D eigenvalue weighted by Gasteiger charge is 2.10. The number of carbonyl (C=O) groups is 1. The molecule has 0 bridgehead atoms. The average molecular weight is 376 g/mol. The van der Waals surface area contributed by atoms with Gasteiger partial charge in [-0.1, -0.05) is 42.5 Å². The lowest BCUT2D eigenvalue weighted by molar-refractivity contribution is 0.0948. The molecule has 0 saturated carbocycles. The second kappa shape index (κ2) is 9.50. The Kier molecular flexibility index (Phi) is 6.57. The van der Waals surface area contributed by atoms with Crippen molar-refractivity contribution in [1.82, 2.24) is 15.5 Å². The van der Waals surface area contributed by atoms with Gasteiger partial charge in [-0.2, -0.15) is 0 Å². The first-order valence-corrected chi connectivity index (χ1v) is 9.22. The number of aromatic nitrogens is 2. The minimum Gasteiger partial charge on any atom is -0.497 e. The number of hydrogen-bond donors (Lipinski definition) is 2. The summed E-state index contributed by atoms with van der Waals surface area (Å²) in [6, 6.07) is 21.4. The van der Waals surface area contributed by atoms with Crippen molar-refractivity contribution in [1.29, 1.82) is 0 Å². The van der Waals surface area contributed by atoms with E-state index >= 15 is 0 Å². The highest BCUT2D eigenvalue weighted by molar-refractivity contribution is 5.92.